The Hall–Kier alpha value is -1.57. The molecule has 0 saturated carbocycles. The Kier molecular flexibility index (Phi) is 4.47. The Balaban J connectivity index is 1.79. The first kappa shape index (κ1) is 15.9. The Morgan fingerprint density at radius 1 is 0.958 bits per heavy atom. The summed E-state index contributed by atoms with van der Waals surface area (Å²) in [4.78, 5) is 2.57. The van der Waals surface area contributed by atoms with Gasteiger partial charge in [0.05, 0.1) is 0 Å². The normalized spacial score (nSPS) is 21.2. The number of piperidine rings is 1. The quantitative estimate of drug-likeness (QED) is 0.680. The molecule has 1 fully saturated rings. The highest BCUT2D eigenvalue weighted by Gasteiger charge is 2.31. The second kappa shape index (κ2) is 6.74. The topological polar surface area (TPSA) is 3.24 Å². The average molecular weight is 338 g/mol. The number of fused-ring (bicyclic) bond motifs is 2. The van der Waals surface area contributed by atoms with Crippen molar-refractivity contribution in [3.8, 4) is 0 Å². The second-order valence-electron chi connectivity index (χ2n) is 6.98. The van der Waals surface area contributed by atoms with E-state index in [-0.39, 0.29) is 0 Å². The molecule has 1 unspecified atom stereocenters. The van der Waals surface area contributed by atoms with Crippen LogP contribution < -0.4 is 0 Å². The first-order valence-electron chi connectivity index (χ1n) is 9.05. The highest BCUT2D eigenvalue weighted by Crippen LogP contribution is 2.43. The van der Waals surface area contributed by atoms with Crippen LogP contribution in [0.1, 0.15) is 47.9 Å². The standard InChI is InChI=1S/C22H24ClN/c1-2-24-13-11-18(12-14-24)22-20-6-4-3-5-16(20)7-8-17-9-10-19(23)15-21(17)22/h3-10,15,18,22H,2,11-14H2,1H3. The maximum absolute atomic E-state index is 6.37. The Bertz CT molecular complexity index is 756. The molecule has 0 N–H and O–H groups in total. The zero-order valence-electron chi connectivity index (χ0n) is 14.2. The lowest BCUT2D eigenvalue weighted by molar-refractivity contribution is 0.182. The molecule has 1 aliphatic carbocycles. The van der Waals surface area contributed by atoms with E-state index < -0.39 is 0 Å². The zero-order chi connectivity index (χ0) is 16.5. The van der Waals surface area contributed by atoms with Crippen LogP contribution in [-0.2, 0) is 0 Å². The van der Waals surface area contributed by atoms with Gasteiger partial charge in [0.15, 0.2) is 0 Å². The Morgan fingerprint density at radius 2 is 1.67 bits per heavy atom. The van der Waals surface area contributed by atoms with Gasteiger partial charge in [0.1, 0.15) is 0 Å². The third-order valence-corrected chi connectivity index (χ3v) is 5.94. The summed E-state index contributed by atoms with van der Waals surface area (Å²) >= 11 is 6.37. The monoisotopic (exact) mass is 337 g/mol. The predicted octanol–water partition coefficient (Wildman–Crippen LogP) is 5.69. The molecular formula is C22H24ClN. The van der Waals surface area contributed by atoms with Gasteiger partial charge in [-0.1, -0.05) is 61.0 Å². The third-order valence-electron chi connectivity index (χ3n) is 5.71. The van der Waals surface area contributed by atoms with Crippen molar-refractivity contribution in [1.29, 1.82) is 0 Å². The van der Waals surface area contributed by atoms with Crippen molar-refractivity contribution in [3.05, 3.63) is 69.7 Å². The molecule has 1 heterocycles. The second-order valence-corrected chi connectivity index (χ2v) is 7.42. The smallest absolute Gasteiger partial charge is 0.0409 e. The summed E-state index contributed by atoms with van der Waals surface area (Å²) in [5.41, 5.74) is 5.54. The van der Waals surface area contributed by atoms with Crippen LogP contribution >= 0.6 is 11.6 Å². The fraction of sp³-hybridized carbons (Fsp3) is 0.364. The van der Waals surface area contributed by atoms with Crippen molar-refractivity contribution in [2.45, 2.75) is 25.7 Å². The SMILES string of the molecule is CCN1CCC(C2c3ccccc3C=Cc3ccc(Cl)cc32)CC1. The van der Waals surface area contributed by atoms with Crippen molar-refractivity contribution in [1.82, 2.24) is 4.90 Å². The van der Waals surface area contributed by atoms with Crippen molar-refractivity contribution in [2.75, 3.05) is 19.6 Å². The van der Waals surface area contributed by atoms with Crippen molar-refractivity contribution >= 4 is 23.8 Å². The van der Waals surface area contributed by atoms with Gasteiger partial charge in [-0.05, 0) is 72.8 Å². The molecule has 0 spiro atoms. The molecule has 2 aromatic carbocycles. The summed E-state index contributed by atoms with van der Waals surface area (Å²) in [6, 6.07) is 15.3. The van der Waals surface area contributed by atoms with E-state index in [0.717, 1.165) is 11.6 Å². The maximum atomic E-state index is 6.37. The van der Waals surface area contributed by atoms with E-state index in [0.29, 0.717) is 11.8 Å². The van der Waals surface area contributed by atoms with E-state index in [1.807, 2.05) is 6.07 Å². The van der Waals surface area contributed by atoms with Crippen LogP contribution in [0.2, 0.25) is 5.02 Å². The van der Waals surface area contributed by atoms with Gasteiger partial charge >= 0.3 is 0 Å². The van der Waals surface area contributed by atoms with E-state index in [2.05, 4.69) is 60.4 Å². The number of likely N-dealkylation sites (tertiary alicyclic amines) is 1. The van der Waals surface area contributed by atoms with E-state index >= 15 is 0 Å². The molecule has 124 valence electrons. The number of hydrogen-bond donors (Lipinski definition) is 0. The first-order valence-corrected chi connectivity index (χ1v) is 9.43. The molecule has 1 nitrogen and oxygen atoms in total. The van der Waals surface area contributed by atoms with E-state index in [1.165, 1.54) is 48.2 Å². The summed E-state index contributed by atoms with van der Waals surface area (Å²) in [6.07, 6.45) is 7.05. The van der Waals surface area contributed by atoms with Crippen LogP contribution in [0.5, 0.6) is 0 Å². The fourth-order valence-electron chi connectivity index (χ4n) is 4.37. The maximum Gasteiger partial charge on any atom is 0.0409 e. The number of halogens is 1. The van der Waals surface area contributed by atoms with Gasteiger partial charge in [0, 0.05) is 10.9 Å². The highest BCUT2D eigenvalue weighted by atomic mass is 35.5. The van der Waals surface area contributed by atoms with Crippen molar-refractivity contribution < 1.29 is 0 Å². The van der Waals surface area contributed by atoms with Gasteiger partial charge in [-0.2, -0.15) is 0 Å². The minimum absolute atomic E-state index is 0.448. The Labute approximate surface area is 149 Å². The molecule has 2 aliphatic rings. The van der Waals surface area contributed by atoms with E-state index in [4.69, 9.17) is 11.6 Å². The van der Waals surface area contributed by atoms with Gasteiger partial charge in [-0.15, -0.1) is 0 Å². The molecule has 1 saturated heterocycles. The lowest BCUT2D eigenvalue weighted by Gasteiger charge is -2.36. The molecule has 24 heavy (non-hydrogen) atoms. The van der Waals surface area contributed by atoms with Crippen molar-refractivity contribution in [3.63, 3.8) is 0 Å². The number of hydrogen-bond acceptors (Lipinski definition) is 1. The lowest BCUT2D eigenvalue weighted by Crippen LogP contribution is -2.35. The number of rotatable bonds is 2. The molecule has 0 bridgehead atoms. The van der Waals surface area contributed by atoms with Gasteiger partial charge in [0.25, 0.3) is 0 Å². The Morgan fingerprint density at radius 3 is 2.42 bits per heavy atom. The number of nitrogens with zero attached hydrogens (tertiary/aromatic N) is 1. The van der Waals surface area contributed by atoms with E-state index in [9.17, 15) is 0 Å². The van der Waals surface area contributed by atoms with Gasteiger partial charge < -0.3 is 4.90 Å². The lowest BCUT2D eigenvalue weighted by atomic mass is 9.74. The van der Waals surface area contributed by atoms with Crippen LogP contribution in [0.4, 0.5) is 0 Å². The van der Waals surface area contributed by atoms with Gasteiger partial charge in [-0.3, -0.25) is 0 Å². The molecule has 4 rings (SSSR count). The largest absolute Gasteiger partial charge is 0.304 e. The molecule has 2 heteroatoms. The molecule has 0 radical (unpaired) electrons. The van der Waals surface area contributed by atoms with Crippen LogP contribution in [0, 0.1) is 5.92 Å². The van der Waals surface area contributed by atoms with Crippen LogP contribution in [0.15, 0.2) is 42.5 Å². The fourth-order valence-corrected chi connectivity index (χ4v) is 4.55. The van der Waals surface area contributed by atoms with Crippen LogP contribution in [0.3, 0.4) is 0 Å². The molecular weight excluding hydrogens is 314 g/mol. The van der Waals surface area contributed by atoms with Gasteiger partial charge in [-0.25, -0.2) is 0 Å². The highest BCUT2D eigenvalue weighted by molar-refractivity contribution is 6.30. The minimum Gasteiger partial charge on any atom is -0.304 e. The van der Waals surface area contributed by atoms with Gasteiger partial charge in [0.2, 0.25) is 0 Å². The van der Waals surface area contributed by atoms with Crippen molar-refractivity contribution in [2.24, 2.45) is 5.92 Å². The number of benzene rings is 2. The summed E-state index contributed by atoms with van der Waals surface area (Å²) < 4.78 is 0. The van der Waals surface area contributed by atoms with Crippen LogP contribution in [0.25, 0.3) is 12.2 Å². The minimum atomic E-state index is 0.448. The molecule has 2 aromatic rings. The molecule has 0 aromatic heterocycles. The molecule has 1 aliphatic heterocycles. The summed E-state index contributed by atoms with van der Waals surface area (Å²) in [5, 5.41) is 0.845. The summed E-state index contributed by atoms with van der Waals surface area (Å²) in [7, 11) is 0. The summed E-state index contributed by atoms with van der Waals surface area (Å²) in [5.74, 6) is 1.13. The van der Waals surface area contributed by atoms with Crippen LogP contribution in [-0.4, -0.2) is 24.5 Å². The summed E-state index contributed by atoms with van der Waals surface area (Å²) in [6.45, 7) is 5.85. The average Bonchev–Trinajstić information content (AvgIpc) is 2.78. The first-order chi connectivity index (χ1) is 11.8. The molecule has 0 amide bonds. The predicted molar refractivity (Wildman–Crippen MR) is 104 cm³/mol. The van der Waals surface area contributed by atoms with E-state index in [1.54, 1.807) is 0 Å². The molecule has 1 atom stereocenters. The third kappa shape index (κ3) is 2.92. The zero-order valence-corrected chi connectivity index (χ0v) is 15.0.